The molecule has 2 aromatic heterocycles. The van der Waals surface area contributed by atoms with Crippen molar-refractivity contribution in [2.45, 2.75) is 5.16 Å². The number of Topliss-reactive ketones (excluding diaryl/α,β-unsaturated/α-hetero) is 1. The van der Waals surface area contributed by atoms with Gasteiger partial charge < -0.3 is 4.42 Å². The molecule has 4 rings (SSSR count). The van der Waals surface area contributed by atoms with Gasteiger partial charge in [-0.2, -0.15) is 0 Å². The molecule has 27 heavy (non-hydrogen) atoms. The van der Waals surface area contributed by atoms with Crippen LogP contribution in [0.4, 0.5) is 0 Å². The van der Waals surface area contributed by atoms with Crippen molar-refractivity contribution < 1.29 is 9.21 Å². The Balaban J connectivity index is 1.63. The topological polar surface area (TPSA) is 60.9 Å². The number of furan rings is 1. The molecule has 0 spiro atoms. The van der Waals surface area contributed by atoms with Gasteiger partial charge >= 0.3 is 0 Å². The van der Waals surface area contributed by atoms with Gasteiger partial charge in [0.15, 0.2) is 16.7 Å². The van der Waals surface area contributed by atoms with E-state index in [0.29, 0.717) is 27.3 Å². The van der Waals surface area contributed by atoms with Gasteiger partial charge in [0.2, 0.25) is 5.82 Å². The monoisotopic (exact) mass is 395 g/mol. The van der Waals surface area contributed by atoms with Crippen molar-refractivity contribution in [2.75, 3.05) is 5.75 Å². The molecule has 2 aromatic carbocycles. The van der Waals surface area contributed by atoms with E-state index in [1.54, 1.807) is 36.6 Å². The van der Waals surface area contributed by atoms with Gasteiger partial charge in [0.05, 0.1) is 12.0 Å². The number of carbonyl (C=O) groups is 1. The summed E-state index contributed by atoms with van der Waals surface area (Å²) in [5.74, 6) is 1.44. The van der Waals surface area contributed by atoms with Gasteiger partial charge in [-0.25, -0.2) is 0 Å². The van der Waals surface area contributed by atoms with Crippen LogP contribution < -0.4 is 0 Å². The first kappa shape index (κ1) is 17.6. The highest BCUT2D eigenvalue weighted by molar-refractivity contribution is 7.99. The van der Waals surface area contributed by atoms with Gasteiger partial charge in [0, 0.05) is 16.3 Å². The minimum absolute atomic E-state index is 0.00109. The third kappa shape index (κ3) is 3.82. The first-order valence-electron chi connectivity index (χ1n) is 8.18. The molecule has 0 aliphatic heterocycles. The fourth-order valence-corrected chi connectivity index (χ4v) is 3.56. The van der Waals surface area contributed by atoms with E-state index in [1.807, 2.05) is 41.0 Å². The summed E-state index contributed by atoms with van der Waals surface area (Å²) in [6.45, 7) is 0. The Kier molecular flexibility index (Phi) is 5.09. The standard InChI is InChI=1S/C20H14ClN3O2S/c21-15-10-8-14(9-11-15)17(25)13-27-20-23-22-19(18-7-4-12-26-18)24(20)16-5-2-1-3-6-16/h1-12H,13H2. The first-order valence-corrected chi connectivity index (χ1v) is 9.55. The molecule has 4 aromatic rings. The van der Waals surface area contributed by atoms with Crippen molar-refractivity contribution in [1.29, 1.82) is 0 Å². The molecule has 0 radical (unpaired) electrons. The number of ketones is 1. The zero-order valence-corrected chi connectivity index (χ0v) is 15.7. The van der Waals surface area contributed by atoms with Crippen molar-refractivity contribution >= 4 is 29.1 Å². The van der Waals surface area contributed by atoms with Crippen LogP contribution in [0.5, 0.6) is 0 Å². The summed E-state index contributed by atoms with van der Waals surface area (Å²) in [5, 5.41) is 9.76. The van der Waals surface area contributed by atoms with Gasteiger partial charge in [-0.15, -0.1) is 10.2 Å². The maximum absolute atomic E-state index is 12.5. The number of rotatable bonds is 6. The third-order valence-electron chi connectivity index (χ3n) is 3.89. The molecule has 0 unspecified atom stereocenters. The molecular formula is C20H14ClN3O2S. The van der Waals surface area contributed by atoms with E-state index < -0.39 is 0 Å². The molecular weight excluding hydrogens is 382 g/mol. The summed E-state index contributed by atoms with van der Waals surface area (Å²) in [7, 11) is 0. The molecule has 134 valence electrons. The number of halogens is 1. The van der Waals surface area contributed by atoms with Crippen molar-refractivity contribution in [3.8, 4) is 17.3 Å². The number of aromatic nitrogens is 3. The van der Waals surface area contributed by atoms with Gasteiger partial charge in [0.25, 0.3) is 0 Å². The molecule has 0 atom stereocenters. The lowest BCUT2D eigenvalue weighted by Crippen LogP contribution is -2.04. The lowest BCUT2D eigenvalue weighted by atomic mass is 10.1. The minimum atomic E-state index is -0.00109. The van der Waals surface area contributed by atoms with E-state index in [2.05, 4.69) is 10.2 Å². The van der Waals surface area contributed by atoms with E-state index in [1.165, 1.54) is 11.8 Å². The van der Waals surface area contributed by atoms with E-state index >= 15 is 0 Å². The highest BCUT2D eigenvalue weighted by atomic mass is 35.5. The van der Waals surface area contributed by atoms with Crippen LogP contribution in [0.2, 0.25) is 5.02 Å². The van der Waals surface area contributed by atoms with Gasteiger partial charge in [-0.05, 0) is 48.5 Å². The minimum Gasteiger partial charge on any atom is -0.461 e. The summed E-state index contributed by atoms with van der Waals surface area (Å²) >= 11 is 7.21. The van der Waals surface area contributed by atoms with Crippen LogP contribution in [-0.2, 0) is 0 Å². The Morgan fingerprint density at radius 3 is 2.48 bits per heavy atom. The summed E-state index contributed by atoms with van der Waals surface area (Å²) in [4.78, 5) is 12.5. The predicted molar refractivity (Wildman–Crippen MR) is 106 cm³/mol. The molecule has 7 heteroatoms. The molecule has 0 fully saturated rings. The van der Waals surface area contributed by atoms with Gasteiger partial charge in [-0.1, -0.05) is 41.6 Å². The highest BCUT2D eigenvalue weighted by Gasteiger charge is 2.19. The molecule has 0 aliphatic rings. The largest absolute Gasteiger partial charge is 0.461 e. The number of hydrogen-bond acceptors (Lipinski definition) is 5. The van der Waals surface area contributed by atoms with Crippen molar-refractivity contribution in [3.05, 3.63) is 83.6 Å². The molecule has 0 bridgehead atoms. The van der Waals surface area contributed by atoms with Gasteiger partial charge in [0.1, 0.15) is 0 Å². The Hall–Kier alpha value is -2.83. The lowest BCUT2D eigenvalue weighted by Gasteiger charge is -2.08. The Labute approximate surface area is 165 Å². The molecule has 2 heterocycles. The van der Waals surface area contributed by atoms with Crippen LogP contribution in [0.1, 0.15) is 10.4 Å². The number of carbonyl (C=O) groups excluding carboxylic acids is 1. The molecule has 5 nitrogen and oxygen atoms in total. The second-order valence-electron chi connectivity index (χ2n) is 5.67. The van der Waals surface area contributed by atoms with Crippen molar-refractivity contribution in [1.82, 2.24) is 14.8 Å². The van der Waals surface area contributed by atoms with Crippen molar-refractivity contribution in [2.24, 2.45) is 0 Å². The fourth-order valence-electron chi connectivity index (χ4n) is 2.59. The Bertz CT molecular complexity index is 1040. The maximum atomic E-state index is 12.5. The molecule has 0 saturated heterocycles. The highest BCUT2D eigenvalue weighted by Crippen LogP contribution is 2.28. The van der Waals surface area contributed by atoms with Crippen molar-refractivity contribution in [3.63, 3.8) is 0 Å². The zero-order valence-electron chi connectivity index (χ0n) is 14.1. The zero-order chi connectivity index (χ0) is 18.6. The smallest absolute Gasteiger partial charge is 0.205 e. The molecule has 0 amide bonds. The third-order valence-corrected chi connectivity index (χ3v) is 5.07. The number of para-hydroxylation sites is 1. The first-order chi connectivity index (χ1) is 13.2. The van der Waals surface area contributed by atoms with E-state index in [9.17, 15) is 4.79 Å². The van der Waals surface area contributed by atoms with Crippen LogP contribution in [-0.4, -0.2) is 26.3 Å². The number of thioether (sulfide) groups is 1. The predicted octanol–water partition coefficient (Wildman–Crippen LogP) is 5.16. The van der Waals surface area contributed by atoms with Crippen LogP contribution in [0.25, 0.3) is 17.3 Å². The van der Waals surface area contributed by atoms with Crippen LogP contribution in [0.3, 0.4) is 0 Å². The summed E-state index contributed by atoms with van der Waals surface area (Å²) in [5.41, 5.74) is 1.51. The summed E-state index contributed by atoms with van der Waals surface area (Å²) < 4.78 is 7.38. The van der Waals surface area contributed by atoms with E-state index in [-0.39, 0.29) is 11.5 Å². The van der Waals surface area contributed by atoms with E-state index in [0.717, 1.165) is 5.69 Å². The quantitative estimate of drug-likeness (QED) is 0.333. The number of benzene rings is 2. The normalized spacial score (nSPS) is 10.9. The van der Waals surface area contributed by atoms with Crippen LogP contribution in [0.15, 0.2) is 82.6 Å². The van der Waals surface area contributed by atoms with Gasteiger partial charge in [-0.3, -0.25) is 9.36 Å². The Morgan fingerprint density at radius 2 is 1.78 bits per heavy atom. The average Bonchev–Trinajstić information content (AvgIpc) is 3.37. The SMILES string of the molecule is O=C(CSc1nnc(-c2ccco2)n1-c1ccccc1)c1ccc(Cl)cc1. The number of nitrogens with zero attached hydrogens (tertiary/aromatic N) is 3. The second-order valence-corrected chi connectivity index (χ2v) is 7.05. The lowest BCUT2D eigenvalue weighted by molar-refractivity contribution is 0.102. The van der Waals surface area contributed by atoms with Crippen LogP contribution >= 0.6 is 23.4 Å². The molecule has 0 aliphatic carbocycles. The fraction of sp³-hybridized carbons (Fsp3) is 0.0500. The maximum Gasteiger partial charge on any atom is 0.205 e. The number of hydrogen-bond donors (Lipinski definition) is 0. The average molecular weight is 396 g/mol. The molecule has 0 N–H and O–H groups in total. The van der Waals surface area contributed by atoms with Crippen LogP contribution in [0, 0.1) is 0 Å². The molecule has 0 saturated carbocycles. The second kappa shape index (κ2) is 7.82. The van der Waals surface area contributed by atoms with E-state index in [4.69, 9.17) is 16.0 Å². The Morgan fingerprint density at radius 1 is 1.00 bits per heavy atom. The summed E-state index contributed by atoms with van der Waals surface area (Å²) in [6.07, 6.45) is 1.59. The summed E-state index contributed by atoms with van der Waals surface area (Å²) in [6, 6.07) is 20.2.